The van der Waals surface area contributed by atoms with Crippen molar-refractivity contribution in [2.24, 2.45) is 0 Å². The van der Waals surface area contributed by atoms with E-state index in [-0.39, 0.29) is 29.1 Å². The van der Waals surface area contributed by atoms with E-state index in [9.17, 15) is 14.0 Å². The lowest BCUT2D eigenvalue weighted by atomic mass is 10.1. The average molecular weight is 571 g/mol. The first-order valence-corrected chi connectivity index (χ1v) is 13.5. The van der Waals surface area contributed by atoms with E-state index in [0.29, 0.717) is 22.5 Å². The van der Waals surface area contributed by atoms with Crippen LogP contribution in [0.2, 0.25) is 0 Å². The molecule has 10 heteroatoms. The minimum Gasteiger partial charge on any atom is -0.453 e. The van der Waals surface area contributed by atoms with Crippen LogP contribution in [0.15, 0.2) is 91.1 Å². The largest absolute Gasteiger partial charge is 0.453 e. The minimum atomic E-state index is -0.602. The van der Waals surface area contributed by atoms with Crippen LogP contribution in [-0.2, 0) is 11.2 Å². The number of amides is 2. The molecule has 2 aromatic heterocycles. The Morgan fingerprint density at radius 2 is 1.75 bits per heavy atom. The van der Waals surface area contributed by atoms with Crippen LogP contribution in [0.1, 0.15) is 15.9 Å². The standard InChI is InChI=1S/C30H23FN4O3S2/c1-32-29(37)20-9-7-19(8-10-20)26-17-23-28(40-26)25(13-14-33-23)38-24-12-11-21(16-22(24)31)34-30(39)35-27(36)15-18-5-3-2-4-6-18/h2-14,16-17H,15H2,1H3,(H,32,37)(H2,34,35,36,39). The van der Waals surface area contributed by atoms with Crippen LogP contribution in [0.3, 0.4) is 0 Å². The van der Waals surface area contributed by atoms with Crippen LogP contribution in [-0.4, -0.2) is 29.0 Å². The summed E-state index contributed by atoms with van der Waals surface area (Å²) >= 11 is 6.67. The molecule has 0 unspecified atom stereocenters. The fraction of sp³-hybridized carbons (Fsp3) is 0.0667. The van der Waals surface area contributed by atoms with Crippen LogP contribution < -0.4 is 20.7 Å². The van der Waals surface area contributed by atoms with Gasteiger partial charge in [-0.3, -0.25) is 14.6 Å². The molecular weight excluding hydrogens is 547 g/mol. The smallest absolute Gasteiger partial charge is 0.251 e. The van der Waals surface area contributed by atoms with Crippen LogP contribution in [0, 0.1) is 5.82 Å². The van der Waals surface area contributed by atoms with Gasteiger partial charge < -0.3 is 20.7 Å². The van der Waals surface area contributed by atoms with Gasteiger partial charge in [0, 0.05) is 41.5 Å². The molecule has 0 saturated carbocycles. The van der Waals surface area contributed by atoms with E-state index in [4.69, 9.17) is 17.0 Å². The second-order valence-electron chi connectivity index (χ2n) is 8.70. The molecule has 5 rings (SSSR count). The number of rotatable bonds is 7. The summed E-state index contributed by atoms with van der Waals surface area (Å²) in [7, 11) is 1.59. The topological polar surface area (TPSA) is 92.3 Å². The van der Waals surface area contributed by atoms with Gasteiger partial charge in [-0.05, 0) is 53.7 Å². The summed E-state index contributed by atoms with van der Waals surface area (Å²) in [6.07, 6.45) is 1.78. The Hall–Kier alpha value is -4.67. The first kappa shape index (κ1) is 26.9. The lowest BCUT2D eigenvalue weighted by molar-refractivity contribution is -0.119. The molecule has 3 N–H and O–H groups in total. The number of thiophene rings is 1. The van der Waals surface area contributed by atoms with Gasteiger partial charge in [0.2, 0.25) is 5.91 Å². The highest BCUT2D eigenvalue weighted by Crippen LogP contribution is 2.39. The average Bonchev–Trinajstić information content (AvgIpc) is 3.40. The molecule has 5 aromatic rings. The Balaban J connectivity index is 1.27. The van der Waals surface area contributed by atoms with E-state index in [1.165, 1.54) is 23.5 Å². The number of nitrogens with zero attached hydrogens (tertiary/aromatic N) is 1. The van der Waals surface area contributed by atoms with Crippen molar-refractivity contribution in [2.75, 3.05) is 12.4 Å². The van der Waals surface area contributed by atoms with Crippen molar-refractivity contribution in [3.05, 3.63) is 108 Å². The molecule has 0 radical (unpaired) electrons. The molecule has 40 heavy (non-hydrogen) atoms. The predicted molar refractivity (Wildman–Crippen MR) is 159 cm³/mol. The van der Waals surface area contributed by atoms with Crippen LogP contribution in [0.4, 0.5) is 10.1 Å². The summed E-state index contributed by atoms with van der Waals surface area (Å²) in [5.41, 5.74) is 3.43. The maximum absolute atomic E-state index is 15.0. The lowest BCUT2D eigenvalue weighted by Gasteiger charge is -2.12. The van der Waals surface area contributed by atoms with Crippen molar-refractivity contribution >= 4 is 56.4 Å². The van der Waals surface area contributed by atoms with Gasteiger partial charge in [-0.15, -0.1) is 11.3 Å². The second-order valence-corrected chi connectivity index (χ2v) is 10.2. The van der Waals surface area contributed by atoms with E-state index in [2.05, 4.69) is 20.9 Å². The van der Waals surface area contributed by atoms with Crippen molar-refractivity contribution in [3.8, 4) is 21.9 Å². The number of aromatic nitrogens is 1. The lowest BCUT2D eigenvalue weighted by Crippen LogP contribution is -2.35. The number of hydrogen-bond acceptors (Lipinski definition) is 6. The van der Waals surface area contributed by atoms with Gasteiger partial charge in [0.25, 0.3) is 5.91 Å². The zero-order valence-corrected chi connectivity index (χ0v) is 22.9. The van der Waals surface area contributed by atoms with Crippen LogP contribution in [0.5, 0.6) is 11.5 Å². The fourth-order valence-electron chi connectivity index (χ4n) is 3.96. The summed E-state index contributed by atoms with van der Waals surface area (Å²) in [4.78, 5) is 29.4. The summed E-state index contributed by atoms with van der Waals surface area (Å²) in [6.45, 7) is 0. The highest BCUT2D eigenvalue weighted by atomic mass is 32.1. The number of thiocarbonyl (C=S) groups is 1. The SMILES string of the molecule is CNC(=O)c1ccc(-c2cc3nccc(Oc4ccc(NC(=S)NC(=O)Cc5ccccc5)cc4F)c3s2)cc1. The Labute approximate surface area is 239 Å². The molecule has 0 aliphatic heterocycles. The number of anilines is 1. The quantitative estimate of drug-likeness (QED) is 0.199. The number of hydrogen-bond donors (Lipinski definition) is 3. The Morgan fingerprint density at radius 3 is 2.48 bits per heavy atom. The third-order valence-electron chi connectivity index (χ3n) is 5.90. The molecule has 0 bridgehead atoms. The minimum absolute atomic E-state index is 0.0296. The van der Waals surface area contributed by atoms with Gasteiger partial charge in [-0.25, -0.2) is 4.39 Å². The monoisotopic (exact) mass is 570 g/mol. The first-order chi connectivity index (χ1) is 19.4. The third-order valence-corrected chi connectivity index (χ3v) is 7.30. The van der Waals surface area contributed by atoms with E-state index < -0.39 is 5.82 Å². The molecule has 0 fully saturated rings. The number of carbonyl (C=O) groups is 2. The first-order valence-electron chi connectivity index (χ1n) is 12.2. The van der Waals surface area contributed by atoms with Gasteiger partial charge >= 0.3 is 0 Å². The van der Waals surface area contributed by atoms with E-state index in [1.54, 1.807) is 37.5 Å². The molecule has 0 saturated heterocycles. The normalized spacial score (nSPS) is 10.7. The fourth-order valence-corrected chi connectivity index (χ4v) is 5.26. The molecule has 0 spiro atoms. The summed E-state index contributed by atoms with van der Waals surface area (Å²) < 4.78 is 21.7. The van der Waals surface area contributed by atoms with Crippen LogP contribution >= 0.6 is 23.6 Å². The molecule has 0 aliphatic carbocycles. The Kier molecular flexibility index (Phi) is 8.09. The third kappa shape index (κ3) is 6.31. The van der Waals surface area contributed by atoms with Crippen molar-refractivity contribution in [3.63, 3.8) is 0 Å². The van der Waals surface area contributed by atoms with Gasteiger partial charge in [-0.1, -0.05) is 42.5 Å². The molecule has 0 atom stereocenters. The van der Waals surface area contributed by atoms with Gasteiger partial charge in [-0.2, -0.15) is 0 Å². The summed E-state index contributed by atoms with van der Waals surface area (Å²) in [6, 6.07) is 24.5. The maximum atomic E-state index is 15.0. The molecule has 2 heterocycles. The second kappa shape index (κ2) is 12.0. The molecule has 200 valence electrons. The number of fused-ring (bicyclic) bond motifs is 1. The summed E-state index contributed by atoms with van der Waals surface area (Å²) in [5.74, 6) is -0.537. The van der Waals surface area contributed by atoms with Gasteiger partial charge in [0.05, 0.1) is 16.6 Å². The van der Waals surface area contributed by atoms with Crippen molar-refractivity contribution in [1.29, 1.82) is 0 Å². The molecule has 2 amide bonds. The Morgan fingerprint density at radius 1 is 0.975 bits per heavy atom. The van der Waals surface area contributed by atoms with Gasteiger partial charge in [0.15, 0.2) is 16.7 Å². The number of benzene rings is 3. The van der Waals surface area contributed by atoms with E-state index in [0.717, 1.165) is 20.7 Å². The molecule has 7 nitrogen and oxygen atoms in total. The van der Waals surface area contributed by atoms with Crippen molar-refractivity contribution in [2.45, 2.75) is 6.42 Å². The highest BCUT2D eigenvalue weighted by molar-refractivity contribution is 7.80. The Bertz CT molecular complexity index is 1710. The van der Waals surface area contributed by atoms with Crippen molar-refractivity contribution in [1.82, 2.24) is 15.6 Å². The predicted octanol–water partition coefficient (Wildman–Crippen LogP) is 6.31. The van der Waals surface area contributed by atoms with E-state index >= 15 is 0 Å². The zero-order valence-electron chi connectivity index (χ0n) is 21.2. The maximum Gasteiger partial charge on any atom is 0.251 e. The number of halogens is 1. The molecular formula is C30H23FN4O3S2. The van der Waals surface area contributed by atoms with E-state index in [1.807, 2.05) is 48.5 Å². The highest BCUT2D eigenvalue weighted by Gasteiger charge is 2.14. The molecule has 0 aliphatic rings. The van der Waals surface area contributed by atoms with Gasteiger partial charge in [0.1, 0.15) is 5.75 Å². The van der Waals surface area contributed by atoms with Crippen LogP contribution in [0.25, 0.3) is 20.7 Å². The number of nitrogens with one attached hydrogen (secondary N) is 3. The zero-order chi connectivity index (χ0) is 28.1. The summed E-state index contributed by atoms with van der Waals surface area (Å²) in [5, 5.41) is 8.10. The van der Waals surface area contributed by atoms with Crippen molar-refractivity contribution < 1.29 is 18.7 Å². The molecule has 3 aromatic carbocycles. The number of pyridine rings is 1. The number of carbonyl (C=O) groups excluding carboxylic acids is 2. The number of ether oxygens (including phenoxy) is 1.